The van der Waals surface area contributed by atoms with E-state index in [9.17, 15) is 14.4 Å². The highest BCUT2D eigenvalue weighted by Crippen LogP contribution is 2.34. The van der Waals surface area contributed by atoms with E-state index in [1.807, 2.05) is 66.4 Å². The Kier molecular flexibility index (Phi) is 7.46. The van der Waals surface area contributed by atoms with E-state index < -0.39 is 5.54 Å². The third kappa shape index (κ3) is 5.22. The first-order chi connectivity index (χ1) is 16.4. The van der Waals surface area contributed by atoms with Gasteiger partial charge in [0.15, 0.2) is 0 Å². The number of hydrogen-bond donors (Lipinski definition) is 1. The Balaban J connectivity index is 1.29. The van der Waals surface area contributed by atoms with E-state index in [2.05, 4.69) is 5.32 Å². The van der Waals surface area contributed by atoms with Gasteiger partial charge in [0.1, 0.15) is 11.3 Å². The van der Waals surface area contributed by atoms with Crippen molar-refractivity contribution >= 4 is 29.6 Å². The minimum absolute atomic E-state index is 0.000706. The smallest absolute Gasteiger partial charge is 0.325 e. The third-order valence-corrected chi connectivity index (χ3v) is 7.85. The molecule has 0 bridgehead atoms. The van der Waals surface area contributed by atoms with Crippen LogP contribution < -0.4 is 10.1 Å². The molecule has 2 aliphatic rings. The second-order valence-electron chi connectivity index (χ2n) is 8.94. The molecule has 0 saturated carbocycles. The molecule has 2 aliphatic heterocycles. The average molecular weight is 482 g/mol. The number of ether oxygens (including phenoxy) is 1. The zero-order valence-corrected chi connectivity index (χ0v) is 20.5. The van der Waals surface area contributed by atoms with Crippen LogP contribution in [0.1, 0.15) is 25.3 Å². The van der Waals surface area contributed by atoms with E-state index in [-0.39, 0.29) is 23.8 Å². The average Bonchev–Trinajstić information content (AvgIpc) is 3.10. The van der Waals surface area contributed by atoms with Crippen LogP contribution in [0.15, 0.2) is 59.5 Å². The number of nitrogens with zero attached hydrogens (tertiary/aromatic N) is 2. The van der Waals surface area contributed by atoms with Gasteiger partial charge in [-0.05, 0) is 61.9 Å². The number of carbonyl (C=O) groups excluding carboxylic acids is 3. The largest absolute Gasteiger partial charge is 0.497 e. The third-order valence-electron chi connectivity index (χ3n) is 6.85. The maximum Gasteiger partial charge on any atom is 0.325 e. The van der Waals surface area contributed by atoms with Gasteiger partial charge in [-0.15, -0.1) is 11.8 Å². The lowest BCUT2D eigenvalue weighted by Gasteiger charge is -2.39. The molecule has 180 valence electrons. The van der Waals surface area contributed by atoms with E-state index in [1.165, 1.54) is 16.7 Å². The van der Waals surface area contributed by atoms with Crippen molar-refractivity contribution in [2.45, 2.75) is 36.6 Å². The molecule has 1 unspecified atom stereocenters. The van der Waals surface area contributed by atoms with Gasteiger partial charge < -0.3 is 15.0 Å². The Bertz CT molecular complexity index is 1020. The molecule has 2 aromatic rings. The molecule has 4 rings (SSSR count). The lowest BCUT2D eigenvalue weighted by atomic mass is 9.79. The van der Waals surface area contributed by atoms with Gasteiger partial charge in [-0.1, -0.05) is 30.3 Å². The van der Waals surface area contributed by atoms with Crippen LogP contribution in [-0.4, -0.2) is 65.7 Å². The molecule has 2 aromatic carbocycles. The quantitative estimate of drug-likeness (QED) is 0.461. The van der Waals surface area contributed by atoms with Crippen molar-refractivity contribution in [2.24, 2.45) is 5.92 Å². The Labute approximate surface area is 204 Å². The van der Waals surface area contributed by atoms with Crippen molar-refractivity contribution in [1.29, 1.82) is 0 Å². The van der Waals surface area contributed by atoms with Crippen LogP contribution in [0, 0.1) is 5.92 Å². The van der Waals surface area contributed by atoms with Gasteiger partial charge in [0.05, 0.1) is 12.9 Å². The zero-order chi connectivity index (χ0) is 24.1. The van der Waals surface area contributed by atoms with Crippen LogP contribution in [0.4, 0.5) is 4.79 Å². The van der Waals surface area contributed by atoms with Crippen LogP contribution in [0.2, 0.25) is 0 Å². The van der Waals surface area contributed by atoms with E-state index >= 15 is 0 Å². The Hall–Kier alpha value is -3.00. The number of amides is 4. The normalized spacial score (nSPS) is 21.0. The molecule has 7 nitrogen and oxygen atoms in total. The number of urea groups is 1. The fourth-order valence-electron chi connectivity index (χ4n) is 4.69. The molecule has 0 aliphatic carbocycles. The number of hydrogen-bond acceptors (Lipinski definition) is 5. The number of carbonyl (C=O) groups is 3. The molecule has 1 N–H and O–H groups in total. The van der Waals surface area contributed by atoms with Crippen molar-refractivity contribution in [1.82, 2.24) is 15.1 Å². The standard InChI is InChI=1S/C26H31N3O4S/c1-26(20-13-15-28(16-14-20)23(30)18-34-22-6-4-3-5-7-22)24(31)29(25(32)27-26)17-12-19-8-10-21(33-2)11-9-19/h3-11,20H,12-18H2,1-2H3,(H,27,32). The van der Waals surface area contributed by atoms with Crippen molar-refractivity contribution in [3.05, 3.63) is 60.2 Å². The number of methoxy groups -OCH3 is 1. The summed E-state index contributed by atoms with van der Waals surface area (Å²) >= 11 is 1.54. The van der Waals surface area contributed by atoms with Crippen LogP contribution in [0.25, 0.3) is 0 Å². The summed E-state index contributed by atoms with van der Waals surface area (Å²) in [5, 5.41) is 2.95. The molecule has 8 heteroatoms. The summed E-state index contributed by atoms with van der Waals surface area (Å²) in [5.74, 6) is 1.12. The highest BCUT2D eigenvalue weighted by atomic mass is 32.2. The van der Waals surface area contributed by atoms with Gasteiger partial charge in [-0.2, -0.15) is 0 Å². The fraction of sp³-hybridized carbons (Fsp3) is 0.423. The second-order valence-corrected chi connectivity index (χ2v) is 9.99. The maximum absolute atomic E-state index is 13.3. The molecule has 1 atom stereocenters. The summed E-state index contributed by atoms with van der Waals surface area (Å²) in [7, 11) is 1.62. The van der Waals surface area contributed by atoms with E-state index in [1.54, 1.807) is 7.11 Å². The first-order valence-corrected chi connectivity index (χ1v) is 12.6. The minimum Gasteiger partial charge on any atom is -0.497 e. The second kappa shape index (κ2) is 10.5. The van der Waals surface area contributed by atoms with Crippen molar-refractivity contribution < 1.29 is 19.1 Å². The van der Waals surface area contributed by atoms with Gasteiger partial charge >= 0.3 is 6.03 Å². The van der Waals surface area contributed by atoms with Crippen LogP contribution in [0.5, 0.6) is 5.75 Å². The van der Waals surface area contributed by atoms with Crippen LogP contribution in [0.3, 0.4) is 0 Å². The Morgan fingerprint density at radius 2 is 1.76 bits per heavy atom. The number of piperidine rings is 1. The minimum atomic E-state index is -0.926. The van der Waals surface area contributed by atoms with Crippen LogP contribution >= 0.6 is 11.8 Å². The topological polar surface area (TPSA) is 79.0 Å². The molecule has 2 heterocycles. The number of nitrogens with one attached hydrogen (secondary N) is 1. The SMILES string of the molecule is COc1ccc(CCN2C(=O)NC(C)(C3CCN(C(=O)CSc4ccccc4)CC3)C2=O)cc1. The van der Waals surface area contributed by atoms with Gasteiger partial charge in [0, 0.05) is 24.5 Å². The highest BCUT2D eigenvalue weighted by molar-refractivity contribution is 8.00. The van der Waals surface area contributed by atoms with E-state index in [4.69, 9.17) is 4.74 Å². The number of rotatable bonds is 8. The summed E-state index contributed by atoms with van der Waals surface area (Å²) in [4.78, 5) is 42.9. The molecule has 0 radical (unpaired) electrons. The molecular formula is C26H31N3O4S. The summed E-state index contributed by atoms with van der Waals surface area (Å²) in [6, 6.07) is 17.2. The predicted octanol–water partition coefficient (Wildman–Crippen LogP) is 3.58. The summed E-state index contributed by atoms with van der Waals surface area (Å²) in [6.45, 7) is 3.36. The molecular weight excluding hydrogens is 450 g/mol. The van der Waals surface area contributed by atoms with Crippen molar-refractivity contribution in [3.8, 4) is 5.75 Å². The summed E-state index contributed by atoms with van der Waals surface area (Å²) in [5.41, 5.74) is 0.112. The zero-order valence-electron chi connectivity index (χ0n) is 19.7. The molecule has 0 spiro atoms. The van der Waals surface area contributed by atoms with E-state index in [0.717, 1.165) is 16.2 Å². The van der Waals surface area contributed by atoms with Crippen molar-refractivity contribution in [2.75, 3.05) is 32.5 Å². The first kappa shape index (κ1) is 24.1. The van der Waals surface area contributed by atoms with Gasteiger partial charge in [-0.25, -0.2) is 4.79 Å². The molecule has 0 aromatic heterocycles. The van der Waals surface area contributed by atoms with Crippen molar-refractivity contribution in [3.63, 3.8) is 0 Å². The number of benzene rings is 2. The summed E-state index contributed by atoms with van der Waals surface area (Å²) in [6.07, 6.45) is 1.97. The van der Waals surface area contributed by atoms with Crippen LogP contribution in [-0.2, 0) is 16.0 Å². The van der Waals surface area contributed by atoms with Gasteiger partial charge in [0.2, 0.25) is 5.91 Å². The molecule has 2 saturated heterocycles. The highest BCUT2D eigenvalue weighted by Gasteiger charge is 2.52. The number of imide groups is 1. The fourth-order valence-corrected chi connectivity index (χ4v) is 5.51. The number of likely N-dealkylation sites (tertiary alicyclic amines) is 1. The maximum atomic E-state index is 13.3. The molecule has 4 amide bonds. The van der Waals surface area contributed by atoms with Gasteiger partial charge in [-0.3, -0.25) is 14.5 Å². The Morgan fingerprint density at radius 3 is 2.41 bits per heavy atom. The number of thioether (sulfide) groups is 1. The summed E-state index contributed by atoms with van der Waals surface area (Å²) < 4.78 is 5.18. The van der Waals surface area contributed by atoms with E-state index in [0.29, 0.717) is 44.6 Å². The lowest BCUT2D eigenvalue weighted by molar-refractivity contribution is -0.134. The Morgan fingerprint density at radius 1 is 1.09 bits per heavy atom. The molecule has 34 heavy (non-hydrogen) atoms. The predicted molar refractivity (Wildman–Crippen MR) is 132 cm³/mol. The monoisotopic (exact) mass is 481 g/mol. The molecule has 2 fully saturated rings. The first-order valence-electron chi connectivity index (χ1n) is 11.6. The van der Waals surface area contributed by atoms with Gasteiger partial charge in [0.25, 0.3) is 5.91 Å². The lowest BCUT2D eigenvalue weighted by Crippen LogP contribution is -2.54.